The maximum absolute atomic E-state index is 9.45. The second-order valence-corrected chi connectivity index (χ2v) is 5.47. The normalized spacial score (nSPS) is 12.1. The van der Waals surface area contributed by atoms with Gasteiger partial charge in [-0.1, -0.05) is 13.8 Å². The first-order valence-corrected chi connectivity index (χ1v) is 7.57. The van der Waals surface area contributed by atoms with Crippen molar-refractivity contribution < 1.29 is 10.2 Å². The number of halogens is 1. The summed E-state index contributed by atoms with van der Waals surface area (Å²) in [6.07, 6.45) is 1.54. The van der Waals surface area contributed by atoms with E-state index in [1.165, 1.54) is 0 Å². The largest absolute Gasteiger partial charge is 0.394 e. The Morgan fingerprint density at radius 3 is 2.32 bits per heavy atom. The van der Waals surface area contributed by atoms with Gasteiger partial charge in [0.25, 0.3) is 0 Å². The Balaban J connectivity index is 2.90. The summed E-state index contributed by atoms with van der Waals surface area (Å²) in [5.74, 6) is 0. The Bertz CT molecular complexity index is 395. The van der Waals surface area contributed by atoms with Crippen molar-refractivity contribution in [1.82, 2.24) is 15.1 Å². The number of aliphatic hydroxyl groups is 2. The highest BCUT2D eigenvalue weighted by Crippen LogP contribution is 2.23. The molecule has 0 aliphatic heterocycles. The van der Waals surface area contributed by atoms with Crippen LogP contribution in [0.5, 0.6) is 0 Å². The molecular weight excluding hydrogens is 310 g/mol. The van der Waals surface area contributed by atoms with E-state index in [9.17, 15) is 10.2 Å². The third-order valence-corrected chi connectivity index (χ3v) is 4.52. The van der Waals surface area contributed by atoms with Crippen LogP contribution in [0, 0.1) is 0 Å². The highest BCUT2D eigenvalue weighted by molar-refractivity contribution is 9.10. The van der Waals surface area contributed by atoms with Gasteiger partial charge in [0.15, 0.2) is 0 Å². The van der Waals surface area contributed by atoms with Gasteiger partial charge in [0, 0.05) is 13.1 Å². The Hall–Kier alpha value is -0.430. The number of hydrogen-bond donors (Lipinski definition) is 3. The zero-order valence-electron chi connectivity index (χ0n) is 11.9. The van der Waals surface area contributed by atoms with Crippen molar-refractivity contribution in [2.45, 2.75) is 52.2 Å². The molecule has 1 aromatic heterocycles. The lowest BCUT2D eigenvalue weighted by atomic mass is 9.98. The van der Waals surface area contributed by atoms with Crippen molar-refractivity contribution in [3.63, 3.8) is 0 Å². The van der Waals surface area contributed by atoms with Crippen LogP contribution in [0.4, 0.5) is 0 Å². The molecule has 0 aliphatic rings. The molecule has 0 saturated carbocycles. The average Bonchev–Trinajstić information content (AvgIpc) is 2.77. The molecule has 0 spiro atoms. The number of aromatic nitrogens is 2. The number of rotatable bonds is 8. The van der Waals surface area contributed by atoms with Gasteiger partial charge in [0.1, 0.15) is 0 Å². The number of aliphatic hydroxyl groups excluding tert-OH is 2. The maximum atomic E-state index is 9.45. The number of hydrogen-bond acceptors (Lipinski definition) is 4. The quantitative estimate of drug-likeness (QED) is 0.673. The molecule has 0 saturated heterocycles. The first-order chi connectivity index (χ1) is 9.07. The van der Waals surface area contributed by atoms with Gasteiger partial charge >= 0.3 is 0 Å². The van der Waals surface area contributed by atoms with E-state index in [1.54, 1.807) is 0 Å². The summed E-state index contributed by atoms with van der Waals surface area (Å²) in [6.45, 7) is 7.26. The highest BCUT2D eigenvalue weighted by Gasteiger charge is 2.27. The zero-order chi connectivity index (χ0) is 14.5. The number of nitrogens with one attached hydrogen (secondary N) is 1. The van der Waals surface area contributed by atoms with Gasteiger partial charge < -0.3 is 15.5 Å². The Kier molecular flexibility index (Phi) is 6.46. The first-order valence-electron chi connectivity index (χ1n) is 6.78. The van der Waals surface area contributed by atoms with Crippen LogP contribution in [0.25, 0.3) is 0 Å². The molecule has 19 heavy (non-hydrogen) atoms. The van der Waals surface area contributed by atoms with Crippen molar-refractivity contribution in [2.75, 3.05) is 13.2 Å². The summed E-state index contributed by atoms with van der Waals surface area (Å²) < 4.78 is 2.97. The molecular formula is C13H24BrN3O2. The van der Waals surface area contributed by atoms with Crippen molar-refractivity contribution in [2.24, 2.45) is 0 Å². The molecule has 1 aromatic rings. The Morgan fingerprint density at radius 2 is 1.89 bits per heavy atom. The van der Waals surface area contributed by atoms with Crippen molar-refractivity contribution >= 4 is 15.9 Å². The molecule has 0 aliphatic carbocycles. The second kappa shape index (κ2) is 7.38. The highest BCUT2D eigenvalue weighted by atomic mass is 79.9. The minimum Gasteiger partial charge on any atom is -0.394 e. The SMILES string of the molecule is CCc1nn(CC)c(CNC(CC)(CO)CO)c1Br. The standard InChI is InChI=1S/C13H24BrN3O2/c1-4-10-12(14)11(17(6-3)16-10)7-15-13(5-2,8-18)9-19/h15,18-19H,4-9H2,1-3H3. The monoisotopic (exact) mass is 333 g/mol. The molecule has 0 aromatic carbocycles. The smallest absolute Gasteiger partial charge is 0.0767 e. The topological polar surface area (TPSA) is 70.3 Å². The third kappa shape index (κ3) is 3.56. The molecule has 0 bridgehead atoms. The molecule has 0 fully saturated rings. The predicted molar refractivity (Wildman–Crippen MR) is 79.0 cm³/mol. The van der Waals surface area contributed by atoms with Crippen molar-refractivity contribution in [3.05, 3.63) is 15.9 Å². The lowest BCUT2D eigenvalue weighted by molar-refractivity contribution is 0.0857. The van der Waals surface area contributed by atoms with Crippen LogP contribution in [0.3, 0.4) is 0 Å². The number of nitrogens with zero attached hydrogens (tertiary/aromatic N) is 2. The molecule has 5 nitrogen and oxygen atoms in total. The van der Waals surface area contributed by atoms with E-state index in [4.69, 9.17) is 0 Å². The number of aryl methyl sites for hydroxylation is 2. The van der Waals surface area contributed by atoms with Crippen LogP contribution in [-0.4, -0.2) is 38.7 Å². The van der Waals surface area contributed by atoms with Crippen molar-refractivity contribution in [3.8, 4) is 0 Å². The van der Waals surface area contributed by atoms with Gasteiger partial charge in [0.05, 0.1) is 34.6 Å². The van der Waals surface area contributed by atoms with E-state index in [0.717, 1.165) is 28.8 Å². The van der Waals surface area contributed by atoms with Gasteiger partial charge in [-0.2, -0.15) is 5.10 Å². The van der Waals surface area contributed by atoms with Crippen LogP contribution >= 0.6 is 15.9 Å². The van der Waals surface area contributed by atoms with E-state index >= 15 is 0 Å². The van der Waals surface area contributed by atoms with Crippen LogP contribution in [0.1, 0.15) is 38.6 Å². The maximum Gasteiger partial charge on any atom is 0.0767 e. The molecule has 0 unspecified atom stereocenters. The molecule has 110 valence electrons. The third-order valence-electron chi connectivity index (χ3n) is 3.61. The average molecular weight is 334 g/mol. The zero-order valence-corrected chi connectivity index (χ0v) is 13.5. The van der Waals surface area contributed by atoms with Gasteiger partial charge in [-0.25, -0.2) is 0 Å². The van der Waals surface area contributed by atoms with Gasteiger partial charge in [-0.05, 0) is 35.7 Å². The fourth-order valence-electron chi connectivity index (χ4n) is 1.97. The fraction of sp³-hybridized carbons (Fsp3) is 0.769. The summed E-state index contributed by atoms with van der Waals surface area (Å²) in [6, 6.07) is 0. The minimum atomic E-state index is -0.630. The minimum absolute atomic E-state index is 0.0848. The molecule has 3 N–H and O–H groups in total. The van der Waals surface area contributed by atoms with Crippen LogP contribution in [0.15, 0.2) is 4.47 Å². The Morgan fingerprint density at radius 1 is 1.26 bits per heavy atom. The molecule has 6 heteroatoms. The predicted octanol–water partition coefficient (Wildman–Crippen LogP) is 1.45. The van der Waals surface area contributed by atoms with E-state index in [0.29, 0.717) is 13.0 Å². The molecule has 0 radical (unpaired) electrons. The van der Waals surface area contributed by atoms with Gasteiger partial charge in [-0.15, -0.1) is 0 Å². The summed E-state index contributed by atoms with van der Waals surface area (Å²) in [7, 11) is 0. The molecule has 1 rings (SSSR count). The summed E-state index contributed by atoms with van der Waals surface area (Å²) in [5.41, 5.74) is 1.46. The van der Waals surface area contributed by atoms with Crippen LogP contribution < -0.4 is 5.32 Å². The fourth-order valence-corrected chi connectivity index (χ4v) is 2.67. The molecule has 1 heterocycles. The van der Waals surface area contributed by atoms with Crippen LogP contribution in [0.2, 0.25) is 0 Å². The molecule has 0 atom stereocenters. The summed E-state index contributed by atoms with van der Waals surface area (Å²) in [5, 5.41) is 26.7. The van der Waals surface area contributed by atoms with E-state index in [1.807, 2.05) is 18.5 Å². The van der Waals surface area contributed by atoms with E-state index in [2.05, 4.69) is 33.3 Å². The Labute approximate surface area is 123 Å². The summed E-state index contributed by atoms with van der Waals surface area (Å²) >= 11 is 3.59. The van der Waals surface area contributed by atoms with E-state index in [-0.39, 0.29) is 13.2 Å². The lowest BCUT2D eigenvalue weighted by Crippen LogP contribution is -2.51. The van der Waals surface area contributed by atoms with E-state index < -0.39 is 5.54 Å². The van der Waals surface area contributed by atoms with Crippen LogP contribution in [-0.2, 0) is 19.5 Å². The molecule has 0 amide bonds. The van der Waals surface area contributed by atoms with Gasteiger partial charge in [0.2, 0.25) is 0 Å². The summed E-state index contributed by atoms with van der Waals surface area (Å²) in [4.78, 5) is 0. The second-order valence-electron chi connectivity index (χ2n) is 4.68. The van der Waals surface area contributed by atoms with Crippen molar-refractivity contribution in [1.29, 1.82) is 0 Å². The first kappa shape index (κ1) is 16.6. The lowest BCUT2D eigenvalue weighted by Gasteiger charge is -2.30. The van der Waals surface area contributed by atoms with Gasteiger partial charge in [-0.3, -0.25) is 4.68 Å².